The fourth-order valence-electron chi connectivity index (χ4n) is 4.30. The zero-order chi connectivity index (χ0) is 18.6. The molecule has 0 bridgehead atoms. The normalized spacial score (nSPS) is 20.4. The highest BCUT2D eigenvalue weighted by molar-refractivity contribution is 7.99. The van der Waals surface area contributed by atoms with Gasteiger partial charge in [-0.15, -0.1) is 0 Å². The molecule has 1 atom stereocenters. The Labute approximate surface area is 166 Å². The van der Waals surface area contributed by atoms with Crippen LogP contribution in [-0.2, 0) is 17.6 Å². The van der Waals surface area contributed by atoms with E-state index in [0.717, 1.165) is 37.4 Å². The minimum absolute atomic E-state index is 0.201. The van der Waals surface area contributed by atoms with Crippen molar-refractivity contribution in [1.82, 2.24) is 14.8 Å². The summed E-state index contributed by atoms with van der Waals surface area (Å²) >= 11 is 1.52. The maximum absolute atomic E-state index is 12.7. The Morgan fingerprint density at radius 2 is 1.93 bits per heavy atom. The number of thioether (sulfide) groups is 1. The first-order chi connectivity index (χ1) is 13.2. The number of carbonyl (C=O) groups is 1. The lowest BCUT2D eigenvalue weighted by Gasteiger charge is -2.40. The van der Waals surface area contributed by atoms with E-state index >= 15 is 0 Å². The van der Waals surface area contributed by atoms with Crippen molar-refractivity contribution in [1.29, 1.82) is 0 Å². The van der Waals surface area contributed by atoms with Crippen LogP contribution in [0.15, 0.2) is 53.7 Å². The van der Waals surface area contributed by atoms with Crippen LogP contribution in [0.25, 0.3) is 0 Å². The van der Waals surface area contributed by atoms with Crippen molar-refractivity contribution in [3.63, 3.8) is 0 Å². The number of piperidine rings is 1. The number of nitrogens with zero attached hydrogens (tertiary/aromatic N) is 3. The number of rotatable bonds is 5. The third-order valence-electron chi connectivity index (χ3n) is 5.90. The Morgan fingerprint density at radius 1 is 1.19 bits per heavy atom. The molecule has 1 aromatic heterocycles. The fourth-order valence-corrected chi connectivity index (χ4v) is 5.08. The third-order valence-corrected chi connectivity index (χ3v) is 6.82. The number of fused-ring (bicyclic) bond motifs is 1. The highest BCUT2D eigenvalue weighted by atomic mass is 32.2. The number of hydrogen-bond donors (Lipinski definition) is 0. The molecular weight excluding hydrogens is 354 g/mol. The van der Waals surface area contributed by atoms with Gasteiger partial charge in [-0.1, -0.05) is 42.1 Å². The summed E-state index contributed by atoms with van der Waals surface area (Å²) in [5.41, 5.74) is 3.00. The highest BCUT2D eigenvalue weighted by Crippen LogP contribution is 2.28. The van der Waals surface area contributed by atoms with Crippen LogP contribution < -0.4 is 0 Å². The second-order valence-corrected chi connectivity index (χ2v) is 8.58. The molecule has 0 saturated carbocycles. The number of hydrogen-bond acceptors (Lipinski definition) is 4. The van der Waals surface area contributed by atoms with Gasteiger partial charge in [0, 0.05) is 31.9 Å². The van der Waals surface area contributed by atoms with E-state index in [4.69, 9.17) is 0 Å². The molecule has 2 aromatic rings. The van der Waals surface area contributed by atoms with Crippen molar-refractivity contribution < 1.29 is 4.79 Å². The van der Waals surface area contributed by atoms with Gasteiger partial charge >= 0.3 is 0 Å². The van der Waals surface area contributed by atoms with E-state index in [0.29, 0.717) is 17.8 Å². The van der Waals surface area contributed by atoms with Crippen molar-refractivity contribution in [2.24, 2.45) is 0 Å². The van der Waals surface area contributed by atoms with Crippen LogP contribution in [0.1, 0.15) is 24.0 Å². The lowest BCUT2D eigenvalue weighted by Crippen LogP contribution is -2.52. The maximum Gasteiger partial charge on any atom is 0.233 e. The maximum atomic E-state index is 12.7. The Hall–Kier alpha value is -1.85. The largest absolute Gasteiger partial charge is 0.341 e. The molecule has 1 amide bonds. The van der Waals surface area contributed by atoms with Gasteiger partial charge in [-0.05, 0) is 55.5 Å². The lowest BCUT2D eigenvalue weighted by molar-refractivity contribution is -0.130. The Morgan fingerprint density at radius 3 is 2.63 bits per heavy atom. The first kappa shape index (κ1) is 18.5. The molecule has 5 heteroatoms. The summed E-state index contributed by atoms with van der Waals surface area (Å²) in [5.74, 6) is 0.658. The molecule has 0 unspecified atom stereocenters. The lowest BCUT2D eigenvalue weighted by atomic mass is 10.0. The molecule has 1 aromatic carbocycles. The predicted octanol–water partition coefficient (Wildman–Crippen LogP) is 3.26. The summed E-state index contributed by atoms with van der Waals surface area (Å²) in [6.07, 6.45) is 6.34. The molecule has 0 N–H and O–H groups in total. The van der Waals surface area contributed by atoms with Crippen LogP contribution in [0.4, 0.5) is 0 Å². The first-order valence-corrected chi connectivity index (χ1v) is 10.8. The van der Waals surface area contributed by atoms with E-state index in [1.165, 1.54) is 29.3 Å². The third kappa shape index (κ3) is 4.36. The Balaban J connectivity index is 1.32. The fraction of sp³-hybridized carbons (Fsp3) is 0.455. The summed E-state index contributed by atoms with van der Waals surface area (Å²) in [6, 6.07) is 15.5. The highest BCUT2D eigenvalue weighted by Gasteiger charge is 2.32. The van der Waals surface area contributed by atoms with Crippen LogP contribution in [0, 0.1) is 0 Å². The molecule has 2 heterocycles. The van der Waals surface area contributed by atoms with Crippen LogP contribution >= 0.6 is 11.8 Å². The molecule has 1 aliphatic heterocycles. The SMILES string of the molecule is CN(C(=O)CSc1ccccn1)[C@H]1CCCN(C2Cc3ccccc3C2)C1. The van der Waals surface area contributed by atoms with E-state index in [1.807, 2.05) is 30.1 Å². The first-order valence-electron chi connectivity index (χ1n) is 9.81. The van der Waals surface area contributed by atoms with E-state index < -0.39 is 0 Å². The van der Waals surface area contributed by atoms with Crippen LogP contribution in [0.3, 0.4) is 0 Å². The smallest absolute Gasteiger partial charge is 0.233 e. The summed E-state index contributed by atoms with van der Waals surface area (Å²) < 4.78 is 0. The van der Waals surface area contributed by atoms with E-state index in [-0.39, 0.29) is 5.91 Å². The molecule has 0 radical (unpaired) electrons. The molecular formula is C22H27N3OS. The Kier molecular flexibility index (Phi) is 5.79. The number of amides is 1. The standard InChI is InChI=1S/C22H27N3OS/c1-24(22(26)16-27-21-10-4-5-11-23-21)19-9-6-12-25(15-19)20-13-17-7-2-3-8-18(17)14-20/h2-5,7-8,10-11,19-20H,6,9,12-16H2,1H3/t19-/m0/s1. The van der Waals surface area contributed by atoms with E-state index in [9.17, 15) is 4.79 Å². The molecule has 1 aliphatic carbocycles. The van der Waals surface area contributed by atoms with Crippen molar-refractivity contribution in [3.8, 4) is 0 Å². The molecule has 27 heavy (non-hydrogen) atoms. The monoisotopic (exact) mass is 381 g/mol. The van der Waals surface area contributed by atoms with Gasteiger partial charge in [0.25, 0.3) is 0 Å². The number of benzene rings is 1. The zero-order valence-corrected chi connectivity index (χ0v) is 16.7. The number of likely N-dealkylation sites (N-methyl/N-ethyl adjacent to an activating group) is 1. The van der Waals surface area contributed by atoms with Gasteiger partial charge in [0.15, 0.2) is 0 Å². The van der Waals surface area contributed by atoms with E-state index in [2.05, 4.69) is 34.1 Å². The Bertz CT molecular complexity index is 757. The van der Waals surface area contributed by atoms with Crippen LogP contribution in [-0.4, -0.2) is 58.7 Å². The molecule has 4 nitrogen and oxygen atoms in total. The summed E-state index contributed by atoms with van der Waals surface area (Å²) in [7, 11) is 1.97. The summed E-state index contributed by atoms with van der Waals surface area (Å²) in [4.78, 5) is 21.6. The van der Waals surface area contributed by atoms with Crippen LogP contribution in [0.2, 0.25) is 0 Å². The predicted molar refractivity (Wildman–Crippen MR) is 110 cm³/mol. The van der Waals surface area contributed by atoms with Crippen molar-refractivity contribution in [2.75, 3.05) is 25.9 Å². The molecule has 1 fully saturated rings. The number of likely N-dealkylation sites (tertiary alicyclic amines) is 1. The van der Waals surface area contributed by atoms with Gasteiger partial charge in [-0.3, -0.25) is 9.69 Å². The van der Waals surface area contributed by atoms with Crippen molar-refractivity contribution >= 4 is 17.7 Å². The van der Waals surface area contributed by atoms with Gasteiger partial charge in [0.1, 0.15) is 0 Å². The number of aromatic nitrogens is 1. The summed E-state index contributed by atoms with van der Waals surface area (Å²) in [5, 5.41) is 0.910. The van der Waals surface area contributed by atoms with E-state index in [1.54, 1.807) is 6.20 Å². The number of pyridine rings is 1. The molecule has 0 spiro atoms. The van der Waals surface area contributed by atoms with Crippen LogP contribution in [0.5, 0.6) is 0 Å². The molecule has 142 valence electrons. The second-order valence-electron chi connectivity index (χ2n) is 7.58. The zero-order valence-electron chi connectivity index (χ0n) is 15.9. The van der Waals surface area contributed by atoms with Crippen molar-refractivity contribution in [2.45, 2.75) is 42.8 Å². The van der Waals surface area contributed by atoms with Crippen molar-refractivity contribution in [3.05, 3.63) is 59.8 Å². The van der Waals surface area contributed by atoms with Gasteiger partial charge in [-0.25, -0.2) is 4.98 Å². The van der Waals surface area contributed by atoms with Gasteiger partial charge in [-0.2, -0.15) is 0 Å². The second kappa shape index (κ2) is 8.44. The average molecular weight is 382 g/mol. The van der Waals surface area contributed by atoms with Gasteiger partial charge in [0.05, 0.1) is 10.8 Å². The topological polar surface area (TPSA) is 36.4 Å². The average Bonchev–Trinajstić information content (AvgIpc) is 3.17. The molecule has 2 aliphatic rings. The van der Waals surface area contributed by atoms with Gasteiger partial charge < -0.3 is 4.90 Å². The summed E-state index contributed by atoms with van der Waals surface area (Å²) in [6.45, 7) is 2.15. The molecule has 4 rings (SSSR count). The van der Waals surface area contributed by atoms with Gasteiger partial charge in [0.2, 0.25) is 5.91 Å². The minimum atomic E-state index is 0.201. The minimum Gasteiger partial charge on any atom is -0.341 e. The molecule has 1 saturated heterocycles. The number of carbonyl (C=O) groups excluding carboxylic acids is 1. The quantitative estimate of drug-likeness (QED) is 0.745.